The molecule has 2 aromatic carbocycles. The van der Waals surface area contributed by atoms with Gasteiger partial charge in [0.25, 0.3) is 0 Å². The number of hydrogen-bond acceptors (Lipinski definition) is 7. The predicted octanol–water partition coefficient (Wildman–Crippen LogP) is 3.86. The highest BCUT2D eigenvalue weighted by Gasteiger charge is 2.27. The van der Waals surface area contributed by atoms with Gasteiger partial charge in [-0.3, -0.25) is 19.5 Å². The maximum atomic E-state index is 12.4. The number of fused-ring (bicyclic) bond motifs is 1. The molecule has 4 aromatic rings. The lowest BCUT2D eigenvalue weighted by Gasteiger charge is -2.25. The molecule has 10 heteroatoms. The first-order valence-corrected chi connectivity index (χ1v) is 12.9. The molecule has 0 atom stereocenters. The summed E-state index contributed by atoms with van der Waals surface area (Å²) in [5.41, 5.74) is 2.61. The third kappa shape index (κ3) is 4.78. The van der Waals surface area contributed by atoms with Gasteiger partial charge in [-0.05, 0) is 48.9 Å². The van der Waals surface area contributed by atoms with Crippen LogP contribution in [-0.4, -0.2) is 46.3 Å². The second-order valence-electron chi connectivity index (χ2n) is 8.35. The van der Waals surface area contributed by atoms with Crippen LogP contribution in [0.3, 0.4) is 0 Å². The Morgan fingerprint density at radius 1 is 1.03 bits per heavy atom. The first-order chi connectivity index (χ1) is 16.8. The number of sulfone groups is 1. The maximum absolute atomic E-state index is 12.4. The molecule has 0 saturated carbocycles. The molecule has 0 aliphatic carbocycles. The van der Waals surface area contributed by atoms with Crippen molar-refractivity contribution in [1.29, 1.82) is 0 Å². The van der Waals surface area contributed by atoms with Crippen molar-refractivity contribution in [3.05, 3.63) is 66.4 Å². The van der Waals surface area contributed by atoms with Crippen LogP contribution in [-0.2, 0) is 26.0 Å². The van der Waals surface area contributed by atoms with Crippen molar-refractivity contribution < 1.29 is 22.7 Å². The second-order valence-corrected chi connectivity index (χ2v) is 10.4. The van der Waals surface area contributed by atoms with Crippen LogP contribution in [0.1, 0.15) is 24.8 Å². The minimum atomic E-state index is -3.34. The number of ether oxygens (including phenoxy) is 1. The van der Waals surface area contributed by atoms with Gasteiger partial charge in [0.2, 0.25) is 11.8 Å². The minimum Gasteiger partial charge on any atom is -0.457 e. The summed E-state index contributed by atoms with van der Waals surface area (Å²) < 4.78 is 29.7. The number of imidazole rings is 1. The van der Waals surface area contributed by atoms with Gasteiger partial charge in [-0.25, -0.2) is 13.4 Å². The summed E-state index contributed by atoms with van der Waals surface area (Å²) in [5.74, 6) is 0.961. The SMILES string of the molecule is CS(=O)(=O)c1ccc(Oc2cc3nc(-c4ccccn4)[nH]c3cc2CN2C(=O)CCCC2=O)cc1. The molecule has 0 unspecified atom stereocenters. The fraction of sp³-hybridized carbons (Fsp3) is 0.200. The Bertz CT molecular complexity index is 1510. The number of aromatic nitrogens is 3. The molecule has 0 bridgehead atoms. The standard InChI is InChI=1S/C25H22N4O5S/c1-35(32,33)18-10-8-17(9-11-18)34-22-14-21-20(27-25(28-21)19-5-2-3-12-26-19)13-16(22)15-29-23(30)6-4-7-24(29)31/h2-3,5,8-14H,4,6-7,15H2,1H3,(H,27,28). The van der Waals surface area contributed by atoms with Crippen molar-refractivity contribution in [2.24, 2.45) is 0 Å². The van der Waals surface area contributed by atoms with Gasteiger partial charge in [0.05, 0.1) is 22.5 Å². The average Bonchev–Trinajstić information content (AvgIpc) is 3.25. The quantitative estimate of drug-likeness (QED) is 0.407. The fourth-order valence-electron chi connectivity index (χ4n) is 3.95. The molecule has 1 aliphatic rings. The summed E-state index contributed by atoms with van der Waals surface area (Å²) >= 11 is 0. The third-order valence-corrected chi connectivity index (χ3v) is 6.89. The highest BCUT2D eigenvalue weighted by Crippen LogP contribution is 2.33. The van der Waals surface area contributed by atoms with Gasteiger partial charge in [-0.2, -0.15) is 0 Å². The van der Waals surface area contributed by atoms with Crippen LogP contribution in [0.5, 0.6) is 11.5 Å². The highest BCUT2D eigenvalue weighted by molar-refractivity contribution is 7.90. The molecule has 1 N–H and O–H groups in total. The summed E-state index contributed by atoms with van der Waals surface area (Å²) in [6.07, 6.45) is 4.02. The first-order valence-electron chi connectivity index (χ1n) is 11.0. The lowest BCUT2D eigenvalue weighted by Crippen LogP contribution is -2.39. The Balaban J connectivity index is 1.55. The van der Waals surface area contributed by atoms with E-state index >= 15 is 0 Å². The number of imide groups is 1. The molecule has 0 radical (unpaired) electrons. The van der Waals surface area contributed by atoms with E-state index in [1.165, 1.54) is 17.0 Å². The lowest BCUT2D eigenvalue weighted by atomic mass is 10.1. The van der Waals surface area contributed by atoms with Crippen LogP contribution in [0.15, 0.2) is 65.7 Å². The van der Waals surface area contributed by atoms with Crippen LogP contribution in [0, 0.1) is 0 Å². The number of H-pyrrole nitrogens is 1. The van der Waals surface area contributed by atoms with Crippen molar-refractivity contribution in [1.82, 2.24) is 19.9 Å². The molecule has 1 aliphatic heterocycles. The number of pyridine rings is 1. The molecular weight excluding hydrogens is 468 g/mol. The van der Waals surface area contributed by atoms with E-state index < -0.39 is 9.84 Å². The number of amides is 2. The monoisotopic (exact) mass is 490 g/mol. The van der Waals surface area contributed by atoms with Gasteiger partial charge in [0.15, 0.2) is 15.7 Å². The number of carbonyl (C=O) groups excluding carboxylic acids is 2. The van der Waals surface area contributed by atoms with E-state index in [-0.39, 0.29) is 23.3 Å². The number of aromatic amines is 1. The predicted molar refractivity (Wildman–Crippen MR) is 128 cm³/mol. The minimum absolute atomic E-state index is 0.0578. The molecule has 3 heterocycles. The number of hydrogen-bond donors (Lipinski definition) is 1. The van der Waals surface area contributed by atoms with Crippen LogP contribution < -0.4 is 4.74 Å². The average molecular weight is 491 g/mol. The normalized spacial score (nSPS) is 14.5. The highest BCUT2D eigenvalue weighted by atomic mass is 32.2. The first kappa shape index (κ1) is 22.7. The number of carbonyl (C=O) groups is 2. The van der Waals surface area contributed by atoms with E-state index in [1.807, 2.05) is 24.3 Å². The summed E-state index contributed by atoms with van der Waals surface area (Å²) in [5, 5.41) is 0. The number of likely N-dealkylation sites (tertiary alicyclic amines) is 1. The van der Waals surface area contributed by atoms with Gasteiger partial charge in [-0.15, -0.1) is 0 Å². The molecule has 2 aromatic heterocycles. The van der Waals surface area contributed by atoms with Crippen LogP contribution >= 0.6 is 0 Å². The van der Waals surface area contributed by atoms with E-state index in [1.54, 1.807) is 24.4 Å². The number of piperidine rings is 1. The molecule has 1 fully saturated rings. The van der Waals surface area contributed by atoms with E-state index in [4.69, 9.17) is 4.74 Å². The number of nitrogens with one attached hydrogen (secondary N) is 1. The zero-order chi connectivity index (χ0) is 24.6. The summed E-state index contributed by atoms with van der Waals surface area (Å²) in [6.45, 7) is 0.0578. The van der Waals surface area contributed by atoms with Crippen molar-refractivity contribution >= 4 is 32.7 Å². The van der Waals surface area contributed by atoms with Gasteiger partial charge in [0, 0.05) is 36.9 Å². The fourth-order valence-corrected chi connectivity index (χ4v) is 4.58. The smallest absolute Gasteiger partial charge is 0.229 e. The molecule has 0 spiro atoms. The Morgan fingerprint density at radius 3 is 2.43 bits per heavy atom. The van der Waals surface area contributed by atoms with Crippen molar-refractivity contribution in [3.63, 3.8) is 0 Å². The molecule has 35 heavy (non-hydrogen) atoms. The summed E-state index contributed by atoms with van der Waals surface area (Å²) in [4.78, 5) is 38.5. The molecule has 9 nitrogen and oxygen atoms in total. The van der Waals surface area contributed by atoms with E-state index in [9.17, 15) is 18.0 Å². The zero-order valence-electron chi connectivity index (χ0n) is 18.9. The van der Waals surface area contributed by atoms with Gasteiger partial charge >= 0.3 is 0 Å². The molecule has 2 amide bonds. The number of rotatable bonds is 6. The topological polar surface area (TPSA) is 122 Å². The Hall–Kier alpha value is -4.05. The summed E-state index contributed by atoms with van der Waals surface area (Å²) in [7, 11) is -3.34. The van der Waals surface area contributed by atoms with E-state index in [2.05, 4.69) is 15.0 Å². The number of nitrogens with zero attached hydrogens (tertiary/aromatic N) is 3. The van der Waals surface area contributed by atoms with E-state index in [0.29, 0.717) is 58.9 Å². The Labute approximate surface area is 201 Å². The van der Waals surface area contributed by atoms with Crippen molar-refractivity contribution in [2.75, 3.05) is 6.26 Å². The number of benzene rings is 2. The molecule has 178 valence electrons. The largest absolute Gasteiger partial charge is 0.457 e. The Morgan fingerprint density at radius 2 is 1.77 bits per heavy atom. The van der Waals surface area contributed by atoms with Crippen LogP contribution in [0.2, 0.25) is 0 Å². The maximum Gasteiger partial charge on any atom is 0.229 e. The van der Waals surface area contributed by atoms with E-state index in [0.717, 1.165) is 6.26 Å². The lowest BCUT2D eigenvalue weighted by molar-refractivity contribution is -0.148. The van der Waals surface area contributed by atoms with Gasteiger partial charge < -0.3 is 9.72 Å². The second kappa shape index (κ2) is 8.95. The zero-order valence-corrected chi connectivity index (χ0v) is 19.7. The van der Waals surface area contributed by atoms with Crippen molar-refractivity contribution in [3.8, 4) is 23.0 Å². The Kier molecular flexibility index (Phi) is 5.81. The molecular formula is C25H22N4O5S. The van der Waals surface area contributed by atoms with Crippen LogP contribution in [0.4, 0.5) is 0 Å². The third-order valence-electron chi connectivity index (χ3n) is 5.76. The van der Waals surface area contributed by atoms with Crippen LogP contribution in [0.25, 0.3) is 22.6 Å². The van der Waals surface area contributed by atoms with Gasteiger partial charge in [0.1, 0.15) is 17.2 Å². The molecule has 1 saturated heterocycles. The molecule has 5 rings (SSSR count). The van der Waals surface area contributed by atoms with Crippen molar-refractivity contribution in [2.45, 2.75) is 30.7 Å². The summed E-state index contributed by atoms with van der Waals surface area (Å²) in [6, 6.07) is 15.1. The van der Waals surface area contributed by atoms with Gasteiger partial charge in [-0.1, -0.05) is 6.07 Å².